The highest BCUT2D eigenvalue weighted by atomic mass is 79.9. The number of methoxy groups -OCH3 is 1. The van der Waals surface area contributed by atoms with Gasteiger partial charge in [0.25, 0.3) is 5.91 Å². The minimum absolute atomic E-state index is 0.136. The third-order valence-electron chi connectivity index (χ3n) is 4.22. The minimum Gasteiger partial charge on any atom is -0.495 e. The molecule has 6 heteroatoms. The number of nitrogens with one attached hydrogen (secondary N) is 1. The van der Waals surface area contributed by atoms with Crippen molar-refractivity contribution >= 4 is 66.7 Å². The molecule has 3 nitrogen and oxygen atoms in total. The van der Waals surface area contributed by atoms with Crippen LogP contribution in [0.4, 0.5) is 5.69 Å². The molecule has 2 aromatic carbocycles. The predicted octanol–water partition coefficient (Wildman–Crippen LogP) is 6.66. The van der Waals surface area contributed by atoms with E-state index >= 15 is 0 Å². The lowest BCUT2D eigenvalue weighted by molar-refractivity contribution is -0.110. The molecule has 0 unspecified atom stereocenters. The van der Waals surface area contributed by atoms with Gasteiger partial charge in [-0.25, -0.2) is 0 Å². The van der Waals surface area contributed by atoms with Crippen LogP contribution in [0, 0.1) is 0 Å². The molecule has 1 N–H and O–H groups in total. The molecule has 0 fully saturated rings. The Labute approximate surface area is 175 Å². The third kappa shape index (κ3) is 3.57. The van der Waals surface area contributed by atoms with Crippen molar-refractivity contribution in [1.82, 2.24) is 0 Å². The van der Waals surface area contributed by atoms with Crippen LogP contribution in [0.1, 0.15) is 37.5 Å². The summed E-state index contributed by atoms with van der Waals surface area (Å²) in [5.74, 6) is 0.533. The summed E-state index contributed by atoms with van der Waals surface area (Å²) in [4.78, 5) is 12.5. The molecule has 136 valence electrons. The van der Waals surface area contributed by atoms with Gasteiger partial charge in [-0.05, 0) is 57.2 Å². The normalized spacial score (nSPS) is 15.2. The van der Waals surface area contributed by atoms with Gasteiger partial charge in [-0.2, -0.15) is 0 Å². The number of halogens is 3. The zero-order valence-corrected chi connectivity index (χ0v) is 18.8. The van der Waals surface area contributed by atoms with E-state index in [2.05, 4.69) is 57.9 Å². The molecule has 0 atom stereocenters. The second-order valence-electron chi connectivity index (χ2n) is 7.16. The van der Waals surface area contributed by atoms with Gasteiger partial charge in [-0.1, -0.05) is 48.3 Å². The predicted molar refractivity (Wildman–Crippen MR) is 115 cm³/mol. The number of fused-ring (bicyclic) bond motifs is 1. The smallest absolute Gasteiger partial charge is 0.256 e. The van der Waals surface area contributed by atoms with Crippen LogP contribution >= 0.6 is 43.5 Å². The number of amides is 1. The molecule has 1 aliphatic heterocycles. The van der Waals surface area contributed by atoms with Crippen LogP contribution in [0.15, 0.2) is 33.2 Å². The van der Waals surface area contributed by atoms with Crippen LogP contribution in [0.25, 0.3) is 11.6 Å². The first-order chi connectivity index (χ1) is 12.1. The highest BCUT2D eigenvalue weighted by Gasteiger charge is 2.27. The van der Waals surface area contributed by atoms with Crippen LogP contribution in [-0.2, 0) is 10.2 Å². The SMILES string of the molecule is COc1c(Cl)cc(C=C2C(=O)Nc3c(Br)cc(Br)cc32)cc1C(C)(C)C. The van der Waals surface area contributed by atoms with E-state index in [1.54, 1.807) is 7.11 Å². The lowest BCUT2D eigenvalue weighted by Gasteiger charge is -2.23. The number of anilines is 1. The Kier molecular flexibility index (Phi) is 5.26. The van der Waals surface area contributed by atoms with E-state index in [0.29, 0.717) is 16.3 Å². The van der Waals surface area contributed by atoms with E-state index in [0.717, 1.165) is 31.3 Å². The average molecular weight is 500 g/mol. The molecule has 3 rings (SSSR count). The second-order valence-corrected chi connectivity index (χ2v) is 9.33. The van der Waals surface area contributed by atoms with Gasteiger partial charge in [0, 0.05) is 25.6 Å². The number of hydrogen-bond acceptors (Lipinski definition) is 2. The number of carbonyl (C=O) groups excluding carboxylic acids is 1. The molecule has 0 aliphatic carbocycles. The number of carbonyl (C=O) groups is 1. The molecule has 0 bridgehead atoms. The quantitative estimate of drug-likeness (QED) is 0.469. The summed E-state index contributed by atoms with van der Waals surface area (Å²) >= 11 is 13.4. The summed E-state index contributed by atoms with van der Waals surface area (Å²) in [6.07, 6.45) is 1.86. The molecule has 0 saturated heterocycles. The molecule has 0 spiro atoms. The number of ether oxygens (including phenoxy) is 1. The van der Waals surface area contributed by atoms with Gasteiger partial charge in [0.1, 0.15) is 5.75 Å². The van der Waals surface area contributed by atoms with Crippen LogP contribution in [0.5, 0.6) is 5.75 Å². The topological polar surface area (TPSA) is 38.3 Å². The Bertz CT molecular complexity index is 946. The third-order valence-corrected chi connectivity index (χ3v) is 5.58. The van der Waals surface area contributed by atoms with Gasteiger partial charge < -0.3 is 10.1 Å². The van der Waals surface area contributed by atoms with Crippen LogP contribution in [0.3, 0.4) is 0 Å². The number of benzene rings is 2. The van der Waals surface area contributed by atoms with Gasteiger partial charge in [0.2, 0.25) is 0 Å². The standard InChI is InChI=1S/C20H18Br2ClNO2/c1-20(2,3)14-6-10(7-16(23)18(14)26-4)5-13-12-8-11(21)9-15(22)17(12)24-19(13)25/h5-9H,1-4H3,(H,24,25). The van der Waals surface area contributed by atoms with Crippen molar-refractivity contribution in [1.29, 1.82) is 0 Å². The van der Waals surface area contributed by atoms with Crippen molar-refractivity contribution in [2.45, 2.75) is 26.2 Å². The zero-order valence-electron chi connectivity index (χ0n) is 14.8. The van der Waals surface area contributed by atoms with Crippen molar-refractivity contribution in [3.8, 4) is 5.75 Å². The Morgan fingerprint density at radius 3 is 2.46 bits per heavy atom. The first-order valence-electron chi connectivity index (χ1n) is 8.02. The largest absolute Gasteiger partial charge is 0.495 e. The Hall–Kier alpha value is -1.30. The fourth-order valence-electron chi connectivity index (χ4n) is 2.99. The molecule has 0 radical (unpaired) electrons. The molecule has 0 aromatic heterocycles. The molecular weight excluding hydrogens is 481 g/mol. The summed E-state index contributed by atoms with van der Waals surface area (Å²) in [7, 11) is 1.62. The van der Waals surface area contributed by atoms with E-state index in [4.69, 9.17) is 16.3 Å². The van der Waals surface area contributed by atoms with Crippen molar-refractivity contribution < 1.29 is 9.53 Å². The number of rotatable bonds is 2. The highest BCUT2D eigenvalue weighted by molar-refractivity contribution is 9.11. The summed E-state index contributed by atoms with van der Waals surface area (Å²) in [5, 5.41) is 3.44. The second kappa shape index (κ2) is 7.02. The lowest BCUT2D eigenvalue weighted by Crippen LogP contribution is -2.13. The van der Waals surface area contributed by atoms with Gasteiger partial charge in [-0.15, -0.1) is 0 Å². The maximum Gasteiger partial charge on any atom is 0.256 e. The molecule has 0 saturated carbocycles. The van der Waals surface area contributed by atoms with Gasteiger partial charge in [0.15, 0.2) is 0 Å². The summed E-state index contributed by atoms with van der Waals surface area (Å²) in [6.45, 7) is 6.30. The molecule has 2 aromatic rings. The van der Waals surface area contributed by atoms with Crippen LogP contribution < -0.4 is 10.1 Å². The Balaban J connectivity index is 2.18. The fourth-order valence-corrected chi connectivity index (χ4v) is 4.62. The van der Waals surface area contributed by atoms with Crippen molar-refractivity contribution in [2.75, 3.05) is 12.4 Å². The first kappa shape index (κ1) is 19.5. The maximum absolute atomic E-state index is 12.5. The summed E-state index contributed by atoms with van der Waals surface area (Å²) < 4.78 is 7.22. The summed E-state index contributed by atoms with van der Waals surface area (Å²) in [6, 6.07) is 7.68. The lowest BCUT2D eigenvalue weighted by atomic mass is 9.85. The van der Waals surface area contributed by atoms with Crippen LogP contribution in [0.2, 0.25) is 5.02 Å². The van der Waals surface area contributed by atoms with E-state index in [9.17, 15) is 4.79 Å². The van der Waals surface area contributed by atoms with Crippen molar-refractivity contribution in [3.05, 3.63) is 54.9 Å². The first-order valence-corrected chi connectivity index (χ1v) is 9.98. The molecule has 26 heavy (non-hydrogen) atoms. The van der Waals surface area contributed by atoms with Crippen LogP contribution in [-0.4, -0.2) is 13.0 Å². The van der Waals surface area contributed by atoms with E-state index in [-0.39, 0.29) is 11.3 Å². The monoisotopic (exact) mass is 497 g/mol. The summed E-state index contributed by atoms with van der Waals surface area (Å²) in [5.41, 5.74) is 3.93. The zero-order chi connectivity index (χ0) is 19.2. The number of hydrogen-bond donors (Lipinski definition) is 1. The van der Waals surface area contributed by atoms with E-state index in [1.807, 2.05) is 30.3 Å². The molecular formula is C20H18Br2ClNO2. The molecule has 1 heterocycles. The Morgan fingerprint density at radius 1 is 1.15 bits per heavy atom. The van der Waals surface area contributed by atoms with E-state index < -0.39 is 0 Å². The maximum atomic E-state index is 12.5. The van der Waals surface area contributed by atoms with E-state index in [1.165, 1.54) is 0 Å². The van der Waals surface area contributed by atoms with Gasteiger partial charge in [0.05, 0.1) is 17.8 Å². The average Bonchev–Trinajstić information content (AvgIpc) is 2.83. The van der Waals surface area contributed by atoms with Crippen molar-refractivity contribution in [3.63, 3.8) is 0 Å². The minimum atomic E-state index is -0.147. The molecule has 1 aliphatic rings. The van der Waals surface area contributed by atoms with Gasteiger partial charge >= 0.3 is 0 Å². The van der Waals surface area contributed by atoms with Crippen molar-refractivity contribution in [2.24, 2.45) is 0 Å². The fraction of sp³-hybridized carbons (Fsp3) is 0.250. The highest BCUT2D eigenvalue weighted by Crippen LogP contribution is 2.42. The van der Waals surface area contributed by atoms with Gasteiger partial charge in [-0.3, -0.25) is 4.79 Å². The Morgan fingerprint density at radius 2 is 1.85 bits per heavy atom. The molecule has 1 amide bonds.